The summed E-state index contributed by atoms with van der Waals surface area (Å²) in [6.07, 6.45) is 1.76. The van der Waals surface area contributed by atoms with Crippen molar-refractivity contribution in [2.75, 3.05) is 49.6 Å². The Hall–Kier alpha value is -2.67. The first-order valence-electron chi connectivity index (χ1n) is 8.87. The van der Waals surface area contributed by atoms with E-state index in [1.54, 1.807) is 6.20 Å². The van der Waals surface area contributed by atoms with Crippen LogP contribution < -0.4 is 15.5 Å². The molecule has 0 bridgehead atoms. The second-order valence-electron chi connectivity index (χ2n) is 6.46. The van der Waals surface area contributed by atoms with Gasteiger partial charge in [0.1, 0.15) is 0 Å². The van der Waals surface area contributed by atoms with Gasteiger partial charge in [-0.05, 0) is 26.0 Å². The van der Waals surface area contributed by atoms with E-state index < -0.39 is 0 Å². The molecule has 1 aliphatic rings. The Morgan fingerprint density at radius 2 is 1.85 bits per heavy atom. The van der Waals surface area contributed by atoms with Crippen molar-refractivity contribution in [3.05, 3.63) is 47.2 Å². The van der Waals surface area contributed by atoms with E-state index in [4.69, 9.17) is 4.74 Å². The number of nitrogens with one attached hydrogen (secondary N) is 2. The van der Waals surface area contributed by atoms with Crippen LogP contribution in [0.2, 0.25) is 0 Å². The number of nitrogens with zero attached hydrogens (tertiary/aromatic N) is 3. The summed E-state index contributed by atoms with van der Waals surface area (Å²) in [5.74, 6) is 0.640. The number of anilines is 2. The van der Waals surface area contributed by atoms with Crippen molar-refractivity contribution in [3.63, 3.8) is 0 Å². The van der Waals surface area contributed by atoms with Crippen molar-refractivity contribution in [1.82, 2.24) is 15.5 Å². The third kappa shape index (κ3) is 4.92. The fraction of sp³-hybridized carbons (Fsp3) is 0.421. The third-order valence-corrected chi connectivity index (χ3v) is 4.22. The first kappa shape index (κ1) is 18.1. The minimum Gasteiger partial charge on any atom is -0.378 e. The normalized spacial score (nSPS) is 14.2. The van der Waals surface area contributed by atoms with Gasteiger partial charge in [-0.2, -0.15) is 5.10 Å². The molecule has 1 fully saturated rings. The molecule has 0 radical (unpaired) electrons. The van der Waals surface area contributed by atoms with Crippen LogP contribution in [0, 0.1) is 13.8 Å². The molecule has 2 aromatic rings. The van der Waals surface area contributed by atoms with Gasteiger partial charge in [-0.3, -0.25) is 4.79 Å². The molecule has 1 aromatic carbocycles. The van der Waals surface area contributed by atoms with Crippen LogP contribution in [0.5, 0.6) is 0 Å². The molecule has 0 spiro atoms. The largest absolute Gasteiger partial charge is 0.378 e. The SMILES string of the molecule is Cc1cc(C)cc(C(=O)NCCNc2cc(N3CCOCC3)cnn2)c1. The zero-order chi connectivity index (χ0) is 18.4. The highest BCUT2D eigenvalue weighted by molar-refractivity contribution is 5.94. The summed E-state index contributed by atoms with van der Waals surface area (Å²) in [5.41, 5.74) is 3.90. The van der Waals surface area contributed by atoms with E-state index in [1.165, 1.54) is 0 Å². The van der Waals surface area contributed by atoms with Gasteiger partial charge in [0.25, 0.3) is 5.91 Å². The maximum atomic E-state index is 12.2. The highest BCUT2D eigenvalue weighted by Crippen LogP contribution is 2.16. The Morgan fingerprint density at radius 3 is 2.58 bits per heavy atom. The van der Waals surface area contributed by atoms with Crippen LogP contribution in [0.15, 0.2) is 30.5 Å². The molecule has 7 heteroatoms. The summed E-state index contributed by atoms with van der Waals surface area (Å²) in [7, 11) is 0. The van der Waals surface area contributed by atoms with Crippen molar-refractivity contribution in [1.29, 1.82) is 0 Å². The van der Waals surface area contributed by atoms with E-state index in [9.17, 15) is 4.79 Å². The predicted molar refractivity (Wildman–Crippen MR) is 102 cm³/mol. The van der Waals surface area contributed by atoms with Crippen LogP contribution in [-0.4, -0.2) is 55.5 Å². The van der Waals surface area contributed by atoms with Crippen LogP contribution in [0.25, 0.3) is 0 Å². The van der Waals surface area contributed by atoms with Crippen molar-refractivity contribution >= 4 is 17.4 Å². The first-order chi connectivity index (χ1) is 12.6. The van der Waals surface area contributed by atoms with Gasteiger partial charge >= 0.3 is 0 Å². The minimum atomic E-state index is -0.0632. The van der Waals surface area contributed by atoms with Gasteiger partial charge in [-0.15, -0.1) is 5.10 Å². The molecule has 0 unspecified atom stereocenters. The van der Waals surface area contributed by atoms with Gasteiger partial charge < -0.3 is 20.3 Å². The van der Waals surface area contributed by atoms with E-state index in [2.05, 4.69) is 31.8 Å². The van der Waals surface area contributed by atoms with Crippen LogP contribution in [-0.2, 0) is 4.74 Å². The standard InChI is InChI=1S/C19H25N5O2/c1-14-9-15(2)11-16(10-14)19(25)21-4-3-20-18-12-17(13-22-23-18)24-5-7-26-8-6-24/h9-13H,3-8H2,1-2H3,(H,20,23)(H,21,25). The summed E-state index contributed by atoms with van der Waals surface area (Å²) in [6.45, 7) is 8.25. The van der Waals surface area contributed by atoms with Crippen LogP contribution >= 0.6 is 0 Å². The molecule has 138 valence electrons. The zero-order valence-electron chi connectivity index (χ0n) is 15.3. The van der Waals surface area contributed by atoms with E-state index in [0.717, 1.165) is 43.1 Å². The van der Waals surface area contributed by atoms with E-state index in [1.807, 2.05) is 32.0 Å². The molecule has 3 rings (SSSR count). The Morgan fingerprint density at radius 1 is 1.12 bits per heavy atom. The van der Waals surface area contributed by atoms with Crippen LogP contribution in [0.3, 0.4) is 0 Å². The molecular formula is C19H25N5O2. The second kappa shape index (κ2) is 8.62. The summed E-state index contributed by atoms with van der Waals surface area (Å²) in [6, 6.07) is 7.82. The number of ether oxygens (including phenoxy) is 1. The number of carbonyl (C=O) groups excluding carboxylic acids is 1. The lowest BCUT2D eigenvalue weighted by atomic mass is 10.1. The molecule has 26 heavy (non-hydrogen) atoms. The molecule has 1 amide bonds. The fourth-order valence-electron chi connectivity index (χ4n) is 3.01. The summed E-state index contributed by atoms with van der Waals surface area (Å²) in [4.78, 5) is 14.5. The Balaban J connectivity index is 1.48. The third-order valence-electron chi connectivity index (χ3n) is 4.22. The molecule has 2 heterocycles. The summed E-state index contributed by atoms with van der Waals surface area (Å²) >= 11 is 0. The van der Waals surface area contributed by atoms with Gasteiger partial charge in [0.2, 0.25) is 0 Å². The van der Waals surface area contributed by atoms with E-state index in [-0.39, 0.29) is 5.91 Å². The average Bonchev–Trinajstić information content (AvgIpc) is 2.65. The number of hydrogen-bond acceptors (Lipinski definition) is 6. The highest BCUT2D eigenvalue weighted by Gasteiger charge is 2.12. The van der Waals surface area contributed by atoms with Crippen molar-refractivity contribution < 1.29 is 9.53 Å². The summed E-state index contributed by atoms with van der Waals surface area (Å²) < 4.78 is 5.37. The minimum absolute atomic E-state index is 0.0632. The average molecular weight is 355 g/mol. The van der Waals surface area contributed by atoms with Gasteiger partial charge in [-0.1, -0.05) is 17.2 Å². The lowest BCUT2D eigenvalue weighted by molar-refractivity contribution is 0.0955. The maximum absolute atomic E-state index is 12.2. The van der Waals surface area contributed by atoms with Crippen LogP contribution in [0.4, 0.5) is 11.5 Å². The number of hydrogen-bond donors (Lipinski definition) is 2. The number of aryl methyl sites for hydroxylation is 2. The molecule has 0 saturated carbocycles. The molecule has 1 aromatic heterocycles. The van der Waals surface area contributed by atoms with Crippen molar-refractivity contribution in [3.8, 4) is 0 Å². The molecular weight excluding hydrogens is 330 g/mol. The Kier molecular flexibility index (Phi) is 6.01. The fourth-order valence-corrected chi connectivity index (χ4v) is 3.01. The molecule has 0 aliphatic carbocycles. The number of carbonyl (C=O) groups is 1. The lowest BCUT2D eigenvalue weighted by Crippen LogP contribution is -2.36. The second-order valence-corrected chi connectivity index (χ2v) is 6.46. The van der Waals surface area contributed by atoms with Gasteiger partial charge in [0.05, 0.1) is 25.1 Å². The number of aromatic nitrogens is 2. The topological polar surface area (TPSA) is 79.4 Å². The van der Waals surface area contributed by atoms with Crippen molar-refractivity contribution in [2.45, 2.75) is 13.8 Å². The highest BCUT2D eigenvalue weighted by atomic mass is 16.5. The quantitative estimate of drug-likeness (QED) is 0.769. The number of rotatable bonds is 6. The summed E-state index contributed by atoms with van der Waals surface area (Å²) in [5, 5.41) is 14.3. The lowest BCUT2D eigenvalue weighted by Gasteiger charge is -2.28. The number of amides is 1. The number of morpholine rings is 1. The maximum Gasteiger partial charge on any atom is 0.251 e. The Bertz CT molecular complexity index is 739. The van der Waals surface area contributed by atoms with E-state index in [0.29, 0.717) is 24.5 Å². The zero-order valence-corrected chi connectivity index (χ0v) is 15.3. The molecule has 1 aliphatic heterocycles. The van der Waals surface area contributed by atoms with E-state index >= 15 is 0 Å². The van der Waals surface area contributed by atoms with Gasteiger partial charge in [-0.25, -0.2) is 0 Å². The van der Waals surface area contributed by atoms with Crippen molar-refractivity contribution in [2.24, 2.45) is 0 Å². The monoisotopic (exact) mass is 355 g/mol. The van der Waals surface area contributed by atoms with Crippen LogP contribution in [0.1, 0.15) is 21.5 Å². The molecule has 1 saturated heterocycles. The number of benzene rings is 1. The smallest absolute Gasteiger partial charge is 0.251 e. The predicted octanol–water partition coefficient (Wildman–Crippen LogP) is 1.77. The van der Waals surface area contributed by atoms with Gasteiger partial charge in [0, 0.05) is 37.8 Å². The molecule has 0 atom stereocenters. The molecule has 7 nitrogen and oxygen atoms in total. The first-order valence-corrected chi connectivity index (χ1v) is 8.87. The Labute approximate surface area is 153 Å². The van der Waals surface area contributed by atoms with Gasteiger partial charge in [0.15, 0.2) is 5.82 Å². The molecule has 2 N–H and O–H groups in total.